The van der Waals surface area contributed by atoms with Gasteiger partial charge < -0.3 is 24.8 Å². The lowest BCUT2D eigenvalue weighted by molar-refractivity contribution is 0.0945. The number of fused-ring (bicyclic) bond motifs is 1. The summed E-state index contributed by atoms with van der Waals surface area (Å²) in [6.45, 7) is 0.699. The van der Waals surface area contributed by atoms with Gasteiger partial charge in [-0.3, -0.25) is 9.52 Å². The number of carbonyl (C=O) groups excluding carboxylic acids is 1. The Morgan fingerprint density at radius 1 is 1.21 bits per heavy atom. The Bertz CT molecular complexity index is 1170. The molecule has 0 radical (unpaired) electrons. The lowest BCUT2D eigenvalue weighted by Crippen LogP contribution is -2.37. The van der Waals surface area contributed by atoms with Crippen LogP contribution < -0.4 is 29.6 Å². The highest BCUT2D eigenvalue weighted by Crippen LogP contribution is 2.40. The maximum Gasteiger partial charge on any atom is 0.267 e. The molecule has 1 amide bonds. The fourth-order valence-electron chi connectivity index (χ4n) is 3.45. The topological polar surface area (TPSA) is 115 Å². The largest absolute Gasteiger partial charge is 0.496 e. The highest BCUT2D eigenvalue weighted by molar-refractivity contribution is 9.10. The molecule has 3 rings (SSSR count). The summed E-state index contributed by atoms with van der Waals surface area (Å²) in [5.74, 6) is 0.611. The first-order valence-corrected chi connectivity index (χ1v) is 12.6. The number of halogens is 1. The molecule has 0 aliphatic carbocycles. The van der Waals surface area contributed by atoms with Crippen molar-refractivity contribution in [1.82, 2.24) is 15.4 Å². The number of carbonyl (C=O) groups is 1. The molecule has 2 aromatic carbocycles. The molecule has 0 fully saturated rings. The van der Waals surface area contributed by atoms with Gasteiger partial charge in [0.1, 0.15) is 22.1 Å². The highest BCUT2D eigenvalue weighted by atomic mass is 79.9. The van der Waals surface area contributed by atoms with Gasteiger partial charge in [-0.05, 0) is 42.9 Å². The van der Waals surface area contributed by atoms with E-state index in [0.717, 1.165) is 4.47 Å². The van der Waals surface area contributed by atoms with Crippen LogP contribution in [0.5, 0.6) is 17.2 Å². The van der Waals surface area contributed by atoms with Crippen LogP contribution in [0.2, 0.25) is 0 Å². The molecular weight excluding hydrogens is 534 g/mol. The van der Waals surface area contributed by atoms with E-state index in [9.17, 15) is 13.2 Å². The molecule has 0 spiro atoms. The first kappa shape index (κ1) is 25.1. The van der Waals surface area contributed by atoms with Crippen molar-refractivity contribution >= 4 is 49.2 Å². The summed E-state index contributed by atoms with van der Waals surface area (Å²) in [5, 5.41) is 5.45. The molecule has 2 aromatic rings. The number of rotatable bonds is 7. The number of ether oxygens (including phenoxy) is 3. The quantitative estimate of drug-likeness (QED) is 0.445. The molecule has 178 valence electrons. The van der Waals surface area contributed by atoms with Gasteiger partial charge in [-0.1, -0.05) is 15.9 Å². The van der Waals surface area contributed by atoms with Crippen LogP contribution in [0.1, 0.15) is 28.3 Å². The normalized spacial score (nSPS) is 15.0. The second-order valence-corrected chi connectivity index (χ2v) is 10.1. The van der Waals surface area contributed by atoms with Crippen LogP contribution in [-0.2, 0) is 10.0 Å². The van der Waals surface area contributed by atoms with Crippen molar-refractivity contribution in [3.63, 3.8) is 0 Å². The van der Waals surface area contributed by atoms with Crippen LogP contribution in [0, 0.1) is 0 Å². The van der Waals surface area contributed by atoms with Crippen molar-refractivity contribution in [2.45, 2.75) is 17.2 Å². The van der Waals surface area contributed by atoms with Gasteiger partial charge in [-0.15, -0.1) is 0 Å². The number of hydrogen-bond donors (Lipinski definition) is 3. The van der Waals surface area contributed by atoms with Crippen molar-refractivity contribution < 1.29 is 27.4 Å². The Hall–Kier alpha value is -2.57. The minimum Gasteiger partial charge on any atom is -0.496 e. The van der Waals surface area contributed by atoms with E-state index in [1.54, 1.807) is 18.2 Å². The summed E-state index contributed by atoms with van der Waals surface area (Å²) in [6.07, 6.45) is 0.594. The molecule has 33 heavy (non-hydrogen) atoms. The highest BCUT2D eigenvalue weighted by Gasteiger charge is 2.29. The molecule has 1 heterocycles. The Labute approximate surface area is 206 Å². The van der Waals surface area contributed by atoms with Gasteiger partial charge in [0.2, 0.25) is 0 Å². The van der Waals surface area contributed by atoms with Crippen molar-refractivity contribution in [3.8, 4) is 17.2 Å². The van der Waals surface area contributed by atoms with Gasteiger partial charge in [-0.25, -0.2) is 8.42 Å². The molecule has 1 aliphatic rings. The zero-order valence-electron chi connectivity index (χ0n) is 18.2. The molecule has 0 bridgehead atoms. The predicted octanol–water partition coefficient (Wildman–Crippen LogP) is 2.54. The lowest BCUT2D eigenvalue weighted by Gasteiger charge is -2.27. The maximum atomic E-state index is 12.9. The number of hydrogen-bond acceptors (Lipinski definition) is 7. The minimum atomic E-state index is -4.00. The van der Waals surface area contributed by atoms with E-state index >= 15 is 0 Å². The summed E-state index contributed by atoms with van der Waals surface area (Å²) in [4.78, 5) is 12.7. The van der Waals surface area contributed by atoms with Crippen molar-refractivity contribution in [2.75, 3.05) is 34.4 Å². The van der Waals surface area contributed by atoms with Crippen molar-refractivity contribution in [1.29, 1.82) is 0 Å². The van der Waals surface area contributed by atoms with E-state index in [1.807, 2.05) is 0 Å². The van der Waals surface area contributed by atoms with E-state index in [0.29, 0.717) is 35.7 Å². The fraction of sp³-hybridized carbons (Fsp3) is 0.333. The van der Waals surface area contributed by atoms with Gasteiger partial charge in [0, 0.05) is 35.6 Å². The molecule has 1 atom stereocenters. The maximum absolute atomic E-state index is 12.9. The molecule has 9 nitrogen and oxygen atoms in total. The van der Waals surface area contributed by atoms with Crippen LogP contribution in [0.15, 0.2) is 39.7 Å². The van der Waals surface area contributed by atoms with E-state index in [4.69, 9.17) is 26.4 Å². The average Bonchev–Trinajstić information content (AvgIpc) is 2.81. The molecule has 1 aliphatic heterocycles. The van der Waals surface area contributed by atoms with Crippen LogP contribution in [0.4, 0.5) is 0 Å². The molecule has 3 N–H and O–H groups in total. The molecule has 0 saturated heterocycles. The first-order valence-electron chi connectivity index (χ1n) is 9.91. The van der Waals surface area contributed by atoms with Crippen LogP contribution >= 0.6 is 28.1 Å². The zero-order valence-corrected chi connectivity index (χ0v) is 21.4. The molecule has 0 aromatic heterocycles. The average molecular weight is 558 g/mol. The third-order valence-electron chi connectivity index (χ3n) is 5.12. The van der Waals surface area contributed by atoms with Crippen molar-refractivity contribution in [2.24, 2.45) is 0 Å². The molecular formula is C21H24BrN3O6S2. The van der Waals surface area contributed by atoms with Crippen LogP contribution in [0.3, 0.4) is 0 Å². The van der Waals surface area contributed by atoms with E-state index < -0.39 is 10.0 Å². The zero-order chi connectivity index (χ0) is 24.2. The first-order chi connectivity index (χ1) is 15.7. The third kappa shape index (κ3) is 5.68. The van der Waals surface area contributed by atoms with Gasteiger partial charge in [0.25, 0.3) is 15.9 Å². The van der Waals surface area contributed by atoms with Gasteiger partial charge in [0.05, 0.1) is 26.4 Å². The monoisotopic (exact) mass is 557 g/mol. The number of amides is 1. The number of methoxy groups -OCH3 is 2. The second kappa shape index (κ2) is 10.6. The Balaban J connectivity index is 1.89. The Morgan fingerprint density at radius 2 is 1.94 bits per heavy atom. The predicted molar refractivity (Wildman–Crippen MR) is 131 cm³/mol. The van der Waals surface area contributed by atoms with E-state index in [1.165, 1.54) is 33.4 Å². The van der Waals surface area contributed by atoms with Crippen LogP contribution in [-0.4, -0.2) is 53.9 Å². The fourth-order valence-corrected chi connectivity index (χ4v) is 5.28. The Morgan fingerprint density at radius 3 is 2.61 bits per heavy atom. The summed E-state index contributed by atoms with van der Waals surface area (Å²) in [7, 11) is 0.389. The molecule has 1 unspecified atom stereocenters. The second-order valence-electron chi connectivity index (χ2n) is 7.11. The van der Waals surface area contributed by atoms with Gasteiger partial charge in [0.15, 0.2) is 5.11 Å². The molecule has 0 saturated carbocycles. The molecule has 12 heteroatoms. The minimum absolute atomic E-state index is 0.0437. The van der Waals surface area contributed by atoms with E-state index in [2.05, 4.69) is 31.3 Å². The standard InChI is InChI=1S/C21H24BrN3O6S2/c1-23-21(32)25-33(27,28)19-9-14-12(6-7-31-17(14)10-18(19)30-3)11-24-20(26)15-8-13(22)4-5-16(15)29-2/h4-5,8-10,12H,6-7,11H2,1-3H3,(H,24,26)(H2,23,25,32). The number of sulfonamides is 1. The summed E-state index contributed by atoms with van der Waals surface area (Å²) >= 11 is 8.31. The summed E-state index contributed by atoms with van der Waals surface area (Å²) < 4.78 is 45.1. The van der Waals surface area contributed by atoms with Gasteiger partial charge >= 0.3 is 0 Å². The Kier molecular flexibility index (Phi) is 8.03. The van der Waals surface area contributed by atoms with Gasteiger partial charge in [-0.2, -0.15) is 0 Å². The van der Waals surface area contributed by atoms with Crippen LogP contribution in [0.25, 0.3) is 0 Å². The summed E-state index contributed by atoms with van der Waals surface area (Å²) in [5.41, 5.74) is 1.04. The van der Waals surface area contributed by atoms with E-state index in [-0.39, 0.29) is 34.1 Å². The number of nitrogens with one attached hydrogen (secondary N) is 3. The third-order valence-corrected chi connectivity index (χ3v) is 7.42. The summed E-state index contributed by atoms with van der Waals surface area (Å²) in [6, 6.07) is 8.21. The van der Waals surface area contributed by atoms with Crippen molar-refractivity contribution in [3.05, 3.63) is 45.9 Å². The SMILES string of the molecule is CNC(=S)NS(=O)(=O)c1cc2c(cc1OC)OCCC2CNC(=O)c1cc(Br)ccc1OC. The number of thiocarbonyl (C=S) groups is 1. The number of benzene rings is 2. The lowest BCUT2D eigenvalue weighted by atomic mass is 9.92. The smallest absolute Gasteiger partial charge is 0.267 e.